The Balaban J connectivity index is 2.42. The first-order valence-electron chi connectivity index (χ1n) is 10.2. The number of aryl methyl sites for hydroxylation is 2. The first-order chi connectivity index (χ1) is 13.8. The van der Waals surface area contributed by atoms with E-state index in [2.05, 4.69) is 42.5 Å². The van der Waals surface area contributed by atoms with Crippen molar-refractivity contribution in [2.45, 2.75) is 72.1 Å². The molecule has 0 bridgehead atoms. The highest BCUT2D eigenvalue weighted by molar-refractivity contribution is 14.1. The molecular weight excluding hydrogens is 514 g/mol. The average molecular weight is 546 g/mol. The molecule has 2 aromatic carbocycles. The van der Waals surface area contributed by atoms with Crippen molar-refractivity contribution >= 4 is 30.2 Å². The van der Waals surface area contributed by atoms with Gasteiger partial charge in [0.05, 0.1) is 3.57 Å². The minimum absolute atomic E-state index is 0.220. The molecule has 0 saturated heterocycles. The largest absolute Gasteiger partial charge is 0.507 e. The lowest BCUT2D eigenvalue weighted by atomic mass is 9.93. The Kier molecular flexibility index (Phi) is 8.05. The van der Waals surface area contributed by atoms with Crippen molar-refractivity contribution in [3.8, 4) is 11.5 Å². The summed E-state index contributed by atoms with van der Waals surface area (Å²) in [5.74, 6) is 1.05. The van der Waals surface area contributed by atoms with Gasteiger partial charge < -0.3 is 19.6 Å². The van der Waals surface area contributed by atoms with Gasteiger partial charge in [0.15, 0.2) is 0 Å². The molecule has 0 aliphatic heterocycles. The van der Waals surface area contributed by atoms with Crippen molar-refractivity contribution in [1.82, 2.24) is 0 Å². The molecule has 30 heavy (non-hydrogen) atoms. The molecule has 0 atom stereocenters. The zero-order valence-electron chi connectivity index (χ0n) is 18.5. The van der Waals surface area contributed by atoms with Crippen molar-refractivity contribution in [3.05, 3.63) is 55.7 Å². The van der Waals surface area contributed by atoms with Crippen molar-refractivity contribution < 1.29 is 24.2 Å². The van der Waals surface area contributed by atoms with Gasteiger partial charge in [-0.1, -0.05) is 33.8 Å². The number of rotatable bonds is 8. The molecule has 0 spiro atoms. The number of hydrogen-bond acceptors (Lipinski definition) is 3. The zero-order valence-corrected chi connectivity index (χ0v) is 21.5. The Morgan fingerprint density at radius 2 is 1.60 bits per heavy atom. The van der Waals surface area contributed by atoms with Crippen molar-refractivity contribution in [2.24, 2.45) is 0 Å². The highest BCUT2D eigenvalue weighted by Gasteiger charge is 2.46. The van der Waals surface area contributed by atoms with E-state index in [4.69, 9.17) is 4.74 Å². The van der Waals surface area contributed by atoms with E-state index in [-0.39, 0.29) is 18.8 Å². The maximum Gasteiger partial charge on any atom is 0.368 e. The molecule has 0 radical (unpaired) electrons. The standard InChI is InChI=1S/C23H32IO5P/c1-7-23(8-2,30(26,27)28)29-18-9-15(5)20(16(6)10-18)12-17-11-19(14(3)4)22(25)21(24)13-17/h9-11,13-14,25H,7-8,12H2,1-6H3,(H2,26,27,28). The first kappa shape index (κ1) is 25.2. The van der Waals surface area contributed by atoms with Crippen molar-refractivity contribution in [2.75, 3.05) is 0 Å². The van der Waals surface area contributed by atoms with Crippen LogP contribution in [0.15, 0.2) is 24.3 Å². The average Bonchev–Trinajstić information content (AvgIpc) is 2.64. The summed E-state index contributed by atoms with van der Waals surface area (Å²) < 4.78 is 18.8. The molecule has 0 saturated carbocycles. The van der Waals surface area contributed by atoms with Crippen LogP contribution in [-0.2, 0) is 11.0 Å². The normalized spacial score (nSPS) is 12.5. The molecular formula is C23H32IO5P. The van der Waals surface area contributed by atoms with Gasteiger partial charge in [-0.25, -0.2) is 0 Å². The number of ether oxygens (including phenoxy) is 1. The zero-order chi connectivity index (χ0) is 22.9. The van der Waals surface area contributed by atoms with Crippen LogP contribution in [0.5, 0.6) is 11.5 Å². The van der Waals surface area contributed by atoms with Crippen LogP contribution in [0.3, 0.4) is 0 Å². The lowest BCUT2D eigenvalue weighted by Crippen LogP contribution is -2.34. The summed E-state index contributed by atoms with van der Waals surface area (Å²) in [4.78, 5) is 19.7. The second kappa shape index (κ2) is 9.60. The number of aromatic hydroxyl groups is 1. The Bertz CT molecular complexity index is 937. The molecule has 3 N–H and O–H groups in total. The number of phenols is 1. The molecule has 7 heteroatoms. The van der Waals surface area contributed by atoms with Gasteiger partial charge in [0.25, 0.3) is 0 Å². The summed E-state index contributed by atoms with van der Waals surface area (Å²) in [5.41, 5.74) is 5.21. The van der Waals surface area contributed by atoms with Crippen LogP contribution >= 0.6 is 30.2 Å². The topological polar surface area (TPSA) is 87.0 Å². The van der Waals surface area contributed by atoms with Crippen LogP contribution < -0.4 is 4.74 Å². The second-order valence-electron chi connectivity index (χ2n) is 8.18. The number of hydrogen-bond donors (Lipinski definition) is 3. The van der Waals surface area contributed by atoms with Crippen molar-refractivity contribution in [1.29, 1.82) is 0 Å². The quantitative estimate of drug-likeness (QED) is 0.264. The molecule has 2 rings (SSSR count). The molecule has 166 valence electrons. The molecule has 0 amide bonds. The molecule has 0 unspecified atom stereocenters. The molecule has 0 aliphatic rings. The maximum atomic E-state index is 12.1. The fraction of sp³-hybridized carbons (Fsp3) is 0.478. The van der Waals surface area contributed by atoms with E-state index in [1.165, 1.54) is 0 Å². The molecule has 2 aromatic rings. The molecule has 0 aromatic heterocycles. The van der Waals surface area contributed by atoms with E-state index >= 15 is 0 Å². The van der Waals surface area contributed by atoms with Gasteiger partial charge >= 0.3 is 7.60 Å². The predicted molar refractivity (Wildman–Crippen MR) is 130 cm³/mol. The van der Waals surface area contributed by atoms with Gasteiger partial charge in [0.2, 0.25) is 5.34 Å². The van der Waals surface area contributed by atoms with Gasteiger partial charge in [0.1, 0.15) is 11.5 Å². The van der Waals surface area contributed by atoms with Gasteiger partial charge in [-0.15, -0.1) is 0 Å². The van der Waals surface area contributed by atoms with Gasteiger partial charge in [0, 0.05) is 0 Å². The van der Waals surface area contributed by atoms with Gasteiger partial charge in [-0.3, -0.25) is 4.57 Å². The van der Waals surface area contributed by atoms with Crippen LogP contribution in [0, 0.1) is 17.4 Å². The highest BCUT2D eigenvalue weighted by Crippen LogP contribution is 2.55. The fourth-order valence-electron chi connectivity index (χ4n) is 3.80. The molecule has 0 aliphatic carbocycles. The van der Waals surface area contributed by atoms with Crippen LogP contribution in [-0.4, -0.2) is 20.2 Å². The third kappa shape index (κ3) is 5.21. The van der Waals surface area contributed by atoms with Crippen LogP contribution in [0.25, 0.3) is 0 Å². The monoisotopic (exact) mass is 546 g/mol. The summed E-state index contributed by atoms with van der Waals surface area (Å²) in [6, 6.07) is 7.76. The summed E-state index contributed by atoms with van der Waals surface area (Å²) in [7, 11) is -4.44. The van der Waals surface area contributed by atoms with Crippen LogP contribution in [0.1, 0.15) is 74.3 Å². The second-order valence-corrected chi connectivity index (χ2v) is 11.2. The minimum Gasteiger partial charge on any atom is -0.507 e. The molecule has 0 fully saturated rings. The lowest BCUT2D eigenvalue weighted by molar-refractivity contribution is 0.108. The third-order valence-corrected chi connectivity index (χ3v) is 8.38. The van der Waals surface area contributed by atoms with Crippen molar-refractivity contribution in [3.63, 3.8) is 0 Å². The number of benzene rings is 2. The van der Waals surface area contributed by atoms with Crippen LogP contribution in [0.4, 0.5) is 0 Å². The Labute approximate surface area is 193 Å². The summed E-state index contributed by atoms with van der Waals surface area (Å²) in [5, 5.41) is 8.83. The summed E-state index contributed by atoms with van der Waals surface area (Å²) in [6.45, 7) is 11.6. The smallest absolute Gasteiger partial charge is 0.368 e. The minimum atomic E-state index is -4.44. The van der Waals surface area contributed by atoms with E-state index in [1.54, 1.807) is 13.8 Å². The highest BCUT2D eigenvalue weighted by atomic mass is 127. The number of halogens is 1. The third-order valence-electron chi connectivity index (χ3n) is 5.77. The first-order valence-corrected chi connectivity index (χ1v) is 12.9. The molecule has 0 heterocycles. The maximum absolute atomic E-state index is 12.1. The summed E-state index contributed by atoms with van der Waals surface area (Å²) in [6.07, 6.45) is 1.15. The van der Waals surface area contributed by atoms with E-state index in [9.17, 15) is 19.5 Å². The fourth-order valence-corrected chi connectivity index (χ4v) is 5.56. The lowest BCUT2D eigenvalue weighted by Gasteiger charge is -2.33. The van der Waals surface area contributed by atoms with Gasteiger partial charge in [-0.2, -0.15) is 0 Å². The Hall–Kier alpha value is -1.08. The van der Waals surface area contributed by atoms with E-state index in [1.807, 2.05) is 32.0 Å². The van der Waals surface area contributed by atoms with Gasteiger partial charge in [-0.05, 0) is 108 Å². The number of phenolic OH excluding ortho intramolecular Hbond substituents is 1. The predicted octanol–water partition coefficient (Wildman–Crippen LogP) is 6.40. The van der Waals surface area contributed by atoms with Crippen LogP contribution in [0.2, 0.25) is 0 Å². The van der Waals surface area contributed by atoms with E-state index in [0.717, 1.165) is 31.4 Å². The van der Waals surface area contributed by atoms with E-state index < -0.39 is 12.9 Å². The molecule has 5 nitrogen and oxygen atoms in total. The summed E-state index contributed by atoms with van der Waals surface area (Å²) >= 11 is 2.16. The Morgan fingerprint density at radius 3 is 2.03 bits per heavy atom. The SMILES string of the molecule is CCC(CC)(Oc1cc(C)c(Cc2cc(I)c(O)c(C(C)C)c2)c(C)c1)P(=O)(O)O. The Morgan fingerprint density at radius 1 is 1.07 bits per heavy atom. The van der Waals surface area contributed by atoms with E-state index in [0.29, 0.717) is 17.9 Å².